The van der Waals surface area contributed by atoms with E-state index in [0.717, 1.165) is 50.6 Å². The molecule has 0 bridgehead atoms. The highest BCUT2D eigenvalue weighted by Crippen LogP contribution is 2.43. The maximum Gasteiger partial charge on any atom is 0.193 e. The monoisotopic (exact) mass is 302 g/mol. The van der Waals surface area contributed by atoms with Crippen LogP contribution >= 0.6 is 0 Å². The van der Waals surface area contributed by atoms with E-state index in [1.807, 2.05) is 0 Å². The van der Waals surface area contributed by atoms with Gasteiger partial charge in [0.05, 0.1) is 12.2 Å². The van der Waals surface area contributed by atoms with Gasteiger partial charge in [0, 0.05) is 0 Å². The lowest BCUT2D eigenvalue weighted by atomic mass is 9.82. The maximum absolute atomic E-state index is 10.7. The van der Waals surface area contributed by atoms with Crippen molar-refractivity contribution >= 4 is 8.32 Å². The molecule has 4 heteroatoms. The van der Waals surface area contributed by atoms with Gasteiger partial charge in [-0.05, 0) is 37.4 Å². The predicted molar refractivity (Wildman–Crippen MR) is 86.4 cm³/mol. The van der Waals surface area contributed by atoms with Gasteiger partial charge in [0.25, 0.3) is 0 Å². The molecule has 0 radical (unpaired) electrons. The first-order chi connectivity index (χ1) is 9.50. The summed E-state index contributed by atoms with van der Waals surface area (Å²) in [5.41, 5.74) is -0.692. The first-order valence-corrected chi connectivity index (χ1v) is 11.1. The van der Waals surface area contributed by atoms with Crippen molar-refractivity contribution in [3.63, 3.8) is 0 Å². The molecule has 0 amide bonds. The molecule has 2 atom stereocenters. The average Bonchev–Trinajstić information content (AvgIpc) is 2.47. The number of aliphatic hydroxyl groups is 2. The summed E-state index contributed by atoms with van der Waals surface area (Å²) < 4.78 is 6.63. The van der Waals surface area contributed by atoms with E-state index in [9.17, 15) is 10.2 Å². The highest BCUT2D eigenvalue weighted by Gasteiger charge is 2.52. The molecule has 0 spiro atoms. The Balaban J connectivity index is 3.03. The van der Waals surface area contributed by atoms with E-state index in [4.69, 9.17) is 4.43 Å². The van der Waals surface area contributed by atoms with Crippen LogP contribution in [-0.4, -0.2) is 36.3 Å². The van der Waals surface area contributed by atoms with Crippen LogP contribution in [-0.2, 0) is 4.43 Å². The third-order valence-electron chi connectivity index (χ3n) is 5.15. The Kier molecular flexibility index (Phi) is 7.19. The third-order valence-corrected chi connectivity index (χ3v) is 9.80. The van der Waals surface area contributed by atoms with Gasteiger partial charge in [0.15, 0.2) is 8.32 Å². The highest BCUT2D eigenvalue weighted by atomic mass is 28.4. The van der Waals surface area contributed by atoms with Crippen molar-refractivity contribution in [3.8, 4) is 0 Å². The first kappa shape index (κ1) is 18.1. The second kappa shape index (κ2) is 7.92. The van der Waals surface area contributed by atoms with Crippen molar-refractivity contribution in [2.45, 2.75) is 102 Å². The van der Waals surface area contributed by atoms with E-state index < -0.39 is 26.1 Å². The van der Waals surface area contributed by atoms with Crippen LogP contribution in [0.2, 0.25) is 18.1 Å². The highest BCUT2D eigenvalue weighted by molar-refractivity contribution is 6.73. The van der Waals surface area contributed by atoms with Crippen LogP contribution in [0.15, 0.2) is 0 Å². The molecule has 0 aliphatic carbocycles. The van der Waals surface area contributed by atoms with Crippen LogP contribution in [0.4, 0.5) is 0 Å². The quantitative estimate of drug-likeness (QED) is 0.670. The summed E-state index contributed by atoms with van der Waals surface area (Å²) in [4.78, 5) is 0. The minimum atomic E-state index is -1.77. The summed E-state index contributed by atoms with van der Waals surface area (Å²) in [6, 6.07) is 3.35. The fourth-order valence-electron chi connectivity index (χ4n) is 3.67. The Hall–Kier alpha value is 0.0969. The van der Waals surface area contributed by atoms with Crippen LogP contribution < -0.4 is 0 Å². The molecule has 1 aliphatic rings. The molecule has 0 aromatic rings. The van der Waals surface area contributed by atoms with Crippen LogP contribution in [0, 0.1) is 0 Å². The number of hydrogen-bond acceptors (Lipinski definition) is 3. The predicted octanol–water partition coefficient (Wildman–Crippen LogP) is 3.84. The summed E-state index contributed by atoms with van der Waals surface area (Å²) in [7, 11) is -1.77. The lowest BCUT2D eigenvalue weighted by Gasteiger charge is -2.51. The zero-order valence-corrected chi connectivity index (χ0v) is 14.8. The molecule has 2 N–H and O–H groups in total. The fraction of sp³-hybridized carbons (Fsp3) is 1.00. The second-order valence-corrected chi connectivity index (χ2v) is 10.9. The number of rotatable bonds is 8. The SMILES string of the molecule is CCCC(O)C1(C(O)CCC)CCC[Si](CC)(CC)O1. The molecule has 1 fully saturated rings. The fourth-order valence-corrected chi connectivity index (χ4v) is 7.27. The zero-order chi connectivity index (χ0) is 15.2. The van der Waals surface area contributed by atoms with Gasteiger partial charge < -0.3 is 14.6 Å². The second-order valence-electron chi connectivity index (χ2n) is 6.41. The van der Waals surface area contributed by atoms with E-state index in [1.54, 1.807) is 0 Å². The average molecular weight is 303 g/mol. The van der Waals surface area contributed by atoms with Gasteiger partial charge in [0.2, 0.25) is 0 Å². The molecule has 1 saturated heterocycles. The number of aliphatic hydroxyl groups excluding tert-OH is 2. The van der Waals surface area contributed by atoms with Crippen LogP contribution in [0.25, 0.3) is 0 Å². The van der Waals surface area contributed by atoms with E-state index in [2.05, 4.69) is 27.7 Å². The zero-order valence-electron chi connectivity index (χ0n) is 13.8. The van der Waals surface area contributed by atoms with E-state index in [0.29, 0.717) is 0 Å². The standard InChI is InChI=1S/C16H34O3Si/c1-5-10-14(17)16(15(18)11-6-2)12-9-13-20(7-3,8-4)19-16/h14-15,17-18H,5-13H2,1-4H3. The number of hydrogen-bond donors (Lipinski definition) is 2. The van der Waals surface area contributed by atoms with Crippen molar-refractivity contribution < 1.29 is 14.6 Å². The largest absolute Gasteiger partial charge is 0.406 e. The third kappa shape index (κ3) is 3.64. The van der Waals surface area contributed by atoms with Gasteiger partial charge in [-0.15, -0.1) is 0 Å². The van der Waals surface area contributed by atoms with Gasteiger partial charge in [-0.1, -0.05) is 47.0 Å². The molecular weight excluding hydrogens is 268 g/mol. The van der Waals surface area contributed by atoms with Gasteiger partial charge in [-0.3, -0.25) is 0 Å². The minimum absolute atomic E-state index is 0.528. The van der Waals surface area contributed by atoms with E-state index in [1.165, 1.54) is 6.04 Å². The summed E-state index contributed by atoms with van der Waals surface area (Å²) in [5.74, 6) is 0. The molecule has 3 nitrogen and oxygen atoms in total. The summed E-state index contributed by atoms with van der Waals surface area (Å²) >= 11 is 0. The summed E-state index contributed by atoms with van der Waals surface area (Å²) in [5, 5.41) is 21.4. The van der Waals surface area contributed by atoms with Crippen molar-refractivity contribution in [1.29, 1.82) is 0 Å². The van der Waals surface area contributed by atoms with Crippen molar-refractivity contribution in [2.24, 2.45) is 0 Å². The maximum atomic E-state index is 10.7. The molecule has 0 saturated carbocycles. The summed E-state index contributed by atoms with van der Waals surface area (Å²) in [6.07, 6.45) is 4.14. The smallest absolute Gasteiger partial charge is 0.193 e. The molecule has 1 rings (SSSR count). The molecule has 2 unspecified atom stereocenters. The Labute approximate surface area is 125 Å². The molecule has 120 valence electrons. The lowest BCUT2D eigenvalue weighted by molar-refractivity contribution is -0.150. The molecule has 1 aliphatic heterocycles. The normalized spacial score (nSPS) is 29.1. The minimum Gasteiger partial charge on any atom is -0.406 e. The molecule has 1 heterocycles. The Morgan fingerprint density at radius 2 is 1.50 bits per heavy atom. The van der Waals surface area contributed by atoms with Crippen LogP contribution in [0.5, 0.6) is 0 Å². The van der Waals surface area contributed by atoms with Gasteiger partial charge in [0.1, 0.15) is 5.60 Å². The Morgan fingerprint density at radius 3 is 1.90 bits per heavy atom. The molecular formula is C16H34O3Si. The van der Waals surface area contributed by atoms with Crippen molar-refractivity contribution in [2.75, 3.05) is 0 Å². The first-order valence-electron chi connectivity index (χ1n) is 8.56. The lowest BCUT2D eigenvalue weighted by Crippen LogP contribution is -2.62. The summed E-state index contributed by atoms with van der Waals surface area (Å²) in [6.45, 7) is 8.58. The van der Waals surface area contributed by atoms with Gasteiger partial charge in [-0.25, -0.2) is 0 Å². The van der Waals surface area contributed by atoms with Gasteiger partial charge >= 0.3 is 0 Å². The van der Waals surface area contributed by atoms with Gasteiger partial charge in [-0.2, -0.15) is 0 Å². The van der Waals surface area contributed by atoms with Crippen LogP contribution in [0.1, 0.15) is 66.2 Å². The topological polar surface area (TPSA) is 49.7 Å². The van der Waals surface area contributed by atoms with Crippen molar-refractivity contribution in [1.82, 2.24) is 0 Å². The Morgan fingerprint density at radius 1 is 1.00 bits per heavy atom. The van der Waals surface area contributed by atoms with Crippen LogP contribution in [0.3, 0.4) is 0 Å². The van der Waals surface area contributed by atoms with Crippen molar-refractivity contribution in [3.05, 3.63) is 0 Å². The molecule has 20 heavy (non-hydrogen) atoms. The molecule has 0 aromatic carbocycles. The van der Waals surface area contributed by atoms with E-state index >= 15 is 0 Å². The Bertz CT molecular complexity index is 267. The van der Waals surface area contributed by atoms with E-state index in [-0.39, 0.29) is 0 Å². The molecule has 0 aromatic heterocycles.